The molecule has 2 saturated heterocycles. The molecule has 2 atom stereocenters. The Balaban J connectivity index is 1.28. The van der Waals surface area contributed by atoms with Gasteiger partial charge in [0, 0.05) is 47.7 Å². The lowest BCUT2D eigenvalue weighted by molar-refractivity contribution is -0.286. The van der Waals surface area contributed by atoms with Gasteiger partial charge in [-0.25, -0.2) is 19.6 Å². The summed E-state index contributed by atoms with van der Waals surface area (Å²) in [7, 11) is 0. The van der Waals surface area contributed by atoms with Crippen LogP contribution in [0.3, 0.4) is 0 Å². The summed E-state index contributed by atoms with van der Waals surface area (Å²) in [6, 6.07) is 4.65. The van der Waals surface area contributed by atoms with E-state index in [1.165, 1.54) is 16.8 Å². The first kappa shape index (κ1) is 22.1. The third-order valence-corrected chi connectivity index (χ3v) is 7.02. The molecule has 182 valence electrons. The van der Waals surface area contributed by atoms with Gasteiger partial charge in [-0.05, 0) is 25.1 Å². The number of aromatic nitrogens is 6. The number of nitrogens with one attached hydrogen (secondary N) is 1. The Labute approximate surface area is 197 Å². The summed E-state index contributed by atoms with van der Waals surface area (Å²) in [6.07, 6.45) is 3.04. The summed E-state index contributed by atoms with van der Waals surface area (Å²) >= 11 is 0. The fourth-order valence-corrected chi connectivity index (χ4v) is 4.94. The van der Waals surface area contributed by atoms with Crippen LogP contribution in [0.1, 0.15) is 12.0 Å². The lowest BCUT2D eigenvalue weighted by atomic mass is 9.80. The van der Waals surface area contributed by atoms with Crippen molar-refractivity contribution in [3.05, 3.63) is 54.9 Å². The number of aliphatic hydroxyl groups is 1. The molecule has 9 nitrogen and oxygen atoms in total. The van der Waals surface area contributed by atoms with E-state index in [4.69, 9.17) is 4.74 Å². The van der Waals surface area contributed by atoms with Gasteiger partial charge >= 0.3 is 6.18 Å². The van der Waals surface area contributed by atoms with Crippen molar-refractivity contribution in [1.29, 1.82) is 0 Å². The summed E-state index contributed by atoms with van der Waals surface area (Å²) < 4.78 is 49.3. The van der Waals surface area contributed by atoms with Gasteiger partial charge in [0.25, 0.3) is 0 Å². The van der Waals surface area contributed by atoms with E-state index in [0.717, 1.165) is 17.3 Å². The number of H-pyrrole nitrogens is 1. The molecule has 0 amide bonds. The number of aromatic amines is 1. The van der Waals surface area contributed by atoms with E-state index in [2.05, 4.69) is 25.0 Å². The molecular weight excluding hydrogens is 463 g/mol. The maximum Gasteiger partial charge on any atom is 0.421 e. The second-order valence-electron chi connectivity index (χ2n) is 8.97. The van der Waals surface area contributed by atoms with Crippen LogP contribution in [0, 0.1) is 5.92 Å². The second-order valence-corrected chi connectivity index (χ2v) is 8.97. The number of imidazole rings is 1. The van der Waals surface area contributed by atoms with E-state index in [1.54, 1.807) is 24.9 Å². The molecule has 0 aromatic carbocycles. The number of halogens is 3. The molecule has 2 aliphatic heterocycles. The fourth-order valence-electron chi connectivity index (χ4n) is 4.94. The molecule has 1 unspecified atom stereocenters. The number of pyridine rings is 2. The van der Waals surface area contributed by atoms with Gasteiger partial charge in [0.2, 0.25) is 0 Å². The molecule has 6 heterocycles. The van der Waals surface area contributed by atoms with Crippen LogP contribution in [0.4, 0.5) is 13.2 Å². The van der Waals surface area contributed by atoms with E-state index < -0.39 is 17.7 Å². The van der Waals surface area contributed by atoms with Crippen molar-refractivity contribution in [1.82, 2.24) is 34.6 Å². The molecule has 0 bridgehead atoms. The number of hydrogen-bond acceptors (Lipinski definition) is 7. The van der Waals surface area contributed by atoms with Gasteiger partial charge in [0.05, 0.1) is 31.8 Å². The average Bonchev–Trinajstić information content (AvgIpc) is 3.57. The van der Waals surface area contributed by atoms with E-state index in [1.807, 2.05) is 11.0 Å². The fraction of sp³-hybridized carbons (Fsp3) is 0.391. The van der Waals surface area contributed by atoms with E-state index >= 15 is 0 Å². The molecule has 4 aromatic heterocycles. The zero-order valence-electron chi connectivity index (χ0n) is 18.5. The highest BCUT2D eigenvalue weighted by Gasteiger charge is 2.61. The third kappa shape index (κ3) is 3.60. The lowest BCUT2D eigenvalue weighted by Crippen LogP contribution is -2.52. The number of rotatable bonds is 5. The molecular formula is C23H22F3N7O2. The minimum absolute atomic E-state index is 0.120. The maximum absolute atomic E-state index is 14.2. The Kier molecular flexibility index (Phi) is 5.13. The lowest BCUT2D eigenvalue weighted by Gasteiger charge is -2.38. The van der Waals surface area contributed by atoms with Gasteiger partial charge in [0.1, 0.15) is 5.52 Å². The van der Waals surface area contributed by atoms with E-state index in [9.17, 15) is 18.3 Å². The van der Waals surface area contributed by atoms with Crippen LogP contribution in [0.2, 0.25) is 0 Å². The molecule has 2 fully saturated rings. The van der Waals surface area contributed by atoms with Crippen molar-refractivity contribution in [3.8, 4) is 16.9 Å². The average molecular weight is 485 g/mol. The first-order valence-corrected chi connectivity index (χ1v) is 11.3. The molecule has 6 rings (SSSR count). The Morgan fingerprint density at radius 1 is 1.09 bits per heavy atom. The number of hydrogen-bond donors (Lipinski definition) is 2. The molecule has 0 radical (unpaired) electrons. The predicted octanol–water partition coefficient (Wildman–Crippen LogP) is 2.68. The van der Waals surface area contributed by atoms with Crippen LogP contribution in [0.5, 0.6) is 0 Å². The summed E-state index contributed by atoms with van der Waals surface area (Å²) in [4.78, 5) is 17.6. The second kappa shape index (κ2) is 8.11. The first-order chi connectivity index (χ1) is 16.8. The van der Waals surface area contributed by atoms with Gasteiger partial charge in [0.15, 0.2) is 17.1 Å². The van der Waals surface area contributed by atoms with Gasteiger partial charge in [-0.2, -0.15) is 18.3 Å². The normalized spacial score (nSPS) is 21.3. The minimum atomic E-state index is -4.85. The van der Waals surface area contributed by atoms with E-state index in [-0.39, 0.29) is 24.6 Å². The third-order valence-electron chi connectivity index (χ3n) is 7.02. The maximum atomic E-state index is 14.2. The van der Waals surface area contributed by atoms with Gasteiger partial charge in [-0.3, -0.25) is 4.90 Å². The zero-order valence-corrected chi connectivity index (χ0v) is 18.5. The highest BCUT2D eigenvalue weighted by atomic mass is 19.4. The SMILES string of the molecule is O[C@](c1ccc(-n2cc(-c3ccnc4[nH]cnc34)cn2)nc1)(C1CCN(C2COC2)C1)C(F)(F)F. The van der Waals surface area contributed by atoms with Crippen molar-refractivity contribution in [3.63, 3.8) is 0 Å². The van der Waals surface area contributed by atoms with Crippen LogP contribution in [0.25, 0.3) is 28.1 Å². The Morgan fingerprint density at radius 2 is 1.94 bits per heavy atom. The first-order valence-electron chi connectivity index (χ1n) is 11.3. The Bertz CT molecular complexity index is 1350. The van der Waals surface area contributed by atoms with Crippen LogP contribution < -0.4 is 0 Å². The topological polar surface area (TPSA) is 105 Å². The predicted molar refractivity (Wildman–Crippen MR) is 118 cm³/mol. The highest BCUT2D eigenvalue weighted by molar-refractivity contribution is 5.88. The van der Waals surface area contributed by atoms with Crippen LogP contribution in [-0.4, -0.2) is 78.2 Å². The Morgan fingerprint density at radius 3 is 2.66 bits per heavy atom. The van der Waals surface area contributed by atoms with Gasteiger partial charge in [-0.1, -0.05) is 6.07 Å². The number of ether oxygens (including phenoxy) is 1. The van der Waals surface area contributed by atoms with Crippen LogP contribution >= 0.6 is 0 Å². The van der Waals surface area contributed by atoms with Crippen molar-refractivity contribution in [2.75, 3.05) is 26.3 Å². The molecule has 2 aliphatic rings. The quantitative estimate of drug-likeness (QED) is 0.448. The highest BCUT2D eigenvalue weighted by Crippen LogP contribution is 2.48. The van der Waals surface area contributed by atoms with Gasteiger partial charge in [-0.15, -0.1) is 0 Å². The molecule has 2 N–H and O–H groups in total. The van der Waals surface area contributed by atoms with Crippen LogP contribution in [0.15, 0.2) is 49.3 Å². The number of fused-ring (bicyclic) bond motifs is 1. The zero-order chi connectivity index (χ0) is 24.2. The summed E-state index contributed by atoms with van der Waals surface area (Å²) in [5.74, 6) is -0.661. The molecule has 4 aromatic rings. The molecule has 0 saturated carbocycles. The summed E-state index contributed by atoms with van der Waals surface area (Å²) in [6.45, 7) is 1.69. The van der Waals surface area contributed by atoms with Crippen molar-refractivity contribution in [2.45, 2.75) is 24.2 Å². The number of likely N-dealkylation sites (tertiary alicyclic amines) is 1. The van der Waals surface area contributed by atoms with Crippen molar-refractivity contribution in [2.24, 2.45) is 5.92 Å². The largest absolute Gasteiger partial charge is 0.421 e. The van der Waals surface area contributed by atoms with E-state index in [0.29, 0.717) is 36.7 Å². The minimum Gasteiger partial charge on any atom is -0.378 e. The smallest absolute Gasteiger partial charge is 0.378 e. The summed E-state index contributed by atoms with van der Waals surface area (Å²) in [5.41, 5.74) is -0.369. The summed E-state index contributed by atoms with van der Waals surface area (Å²) in [5, 5.41) is 15.4. The molecule has 35 heavy (non-hydrogen) atoms. The standard InChI is InChI=1S/C23H22F3N7O2/c24-23(25,26)22(34,16-4-6-32(10-16)17-11-35-12-17)15-1-2-19(28-8-15)33-9-14(7-31-33)18-3-5-27-21-20(18)29-13-30-21/h1-3,5,7-9,13,16-17,34H,4,6,10-12H2,(H,27,29,30)/t16?,22-/m1/s1. The molecule has 0 spiro atoms. The molecule has 0 aliphatic carbocycles. The van der Waals surface area contributed by atoms with Crippen LogP contribution in [-0.2, 0) is 10.3 Å². The molecule has 12 heteroatoms. The monoisotopic (exact) mass is 485 g/mol. The van der Waals surface area contributed by atoms with Crippen molar-refractivity contribution >= 4 is 11.2 Å². The van der Waals surface area contributed by atoms with Gasteiger partial charge < -0.3 is 14.8 Å². The number of alkyl halides is 3. The number of nitrogens with zero attached hydrogens (tertiary/aromatic N) is 6. The Hall–Kier alpha value is -3.35. The van der Waals surface area contributed by atoms with Crippen molar-refractivity contribution < 1.29 is 23.0 Å².